The van der Waals surface area contributed by atoms with Crippen LogP contribution < -0.4 is 11.1 Å². The van der Waals surface area contributed by atoms with Crippen LogP contribution in [0.25, 0.3) is 0 Å². The highest BCUT2D eigenvalue weighted by atomic mass is 28.4. The molecule has 11 heteroatoms. The van der Waals surface area contributed by atoms with Crippen molar-refractivity contribution >= 4 is 31.9 Å². The summed E-state index contributed by atoms with van der Waals surface area (Å²) in [6.45, 7) is 16.3. The summed E-state index contributed by atoms with van der Waals surface area (Å²) in [6, 6.07) is -0.959. The fraction of sp³-hybridized carbons (Fsp3) is 0.632. The predicted molar refractivity (Wildman–Crippen MR) is 191 cm³/mol. The maximum absolute atomic E-state index is 13.4. The molecule has 0 unspecified atom stereocenters. The second-order valence-corrected chi connectivity index (χ2v) is 20.0. The smallest absolute Gasteiger partial charge is 0.337 e. The molecule has 0 aromatic rings. The van der Waals surface area contributed by atoms with Gasteiger partial charge in [-0.2, -0.15) is 0 Å². The zero-order chi connectivity index (χ0) is 36.6. The fourth-order valence-corrected chi connectivity index (χ4v) is 7.73. The van der Waals surface area contributed by atoms with Crippen molar-refractivity contribution in [1.82, 2.24) is 5.32 Å². The van der Waals surface area contributed by atoms with E-state index >= 15 is 0 Å². The Morgan fingerprint density at radius 1 is 1.18 bits per heavy atom. The lowest BCUT2D eigenvalue weighted by Gasteiger charge is -2.40. The summed E-state index contributed by atoms with van der Waals surface area (Å²) in [5.41, 5.74) is 6.17. The molecule has 1 saturated carbocycles. The lowest BCUT2D eigenvalue weighted by Crippen LogP contribution is -2.52. The molecule has 1 fully saturated rings. The topological polar surface area (TPSA) is 143 Å². The Hall–Kier alpha value is -3.46. The summed E-state index contributed by atoms with van der Waals surface area (Å²) >= 11 is 0. The maximum Gasteiger partial charge on any atom is 0.337 e. The molecular weight excluding hydrogens is 641 g/mol. The Morgan fingerprint density at radius 3 is 2.55 bits per heavy atom. The average molecular weight is 697 g/mol. The van der Waals surface area contributed by atoms with E-state index in [-0.39, 0.29) is 52.9 Å². The number of methoxy groups -OCH3 is 1. The van der Waals surface area contributed by atoms with Crippen LogP contribution in [0, 0.1) is 41.4 Å². The van der Waals surface area contributed by atoms with Crippen molar-refractivity contribution in [2.24, 2.45) is 35.3 Å². The number of amides is 1. The van der Waals surface area contributed by atoms with Gasteiger partial charge >= 0.3 is 11.9 Å². The number of rotatable bonds is 14. The number of allylic oxidation sites excluding steroid dienone is 6. The number of cyclic esters (lactones) is 1. The molecule has 7 atom stereocenters. The molecule has 3 aliphatic rings. The monoisotopic (exact) mass is 696 g/mol. The minimum atomic E-state index is -2.24. The Morgan fingerprint density at radius 2 is 1.90 bits per heavy atom. The van der Waals surface area contributed by atoms with Gasteiger partial charge in [0.15, 0.2) is 8.32 Å². The summed E-state index contributed by atoms with van der Waals surface area (Å²) in [4.78, 5) is 50.0. The average Bonchev–Trinajstić information content (AvgIpc) is 3.50. The lowest BCUT2D eigenvalue weighted by atomic mass is 9.85. The minimum Gasteiger partial charge on any atom is -0.468 e. The predicted octanol–water partition coefficient (Wildman–Crippen LogP) is 5.51. The number of nitrogens with one attached hydrogen (secondary N) is 1. The molecule has 0 aromatic heterocycles. The number of ether oxygens (including phenoxy) is 3. The largest absolute Gasteiger partial charge is 0.468 e. The number of hydrogen-bond donors (Lipinski definition) is 2. The molecule has 0 spiro atoms. The summed E-state index contributed by atoms with van der Waals surface area (Å²) < 4.78 is 22.1. The Bertz CT molecular complexity index is 1410. The molecule has 0 aromatic carbocycles. The normalized spacial score (nSPS) is 26.0. The van der Waals surface area contributed by atoms with Crippen molar-refractivity contribution in [3.8, 4) is 11.8 Å². The zero-order valence-corrected chi connectivity index (χ0v) is 31.7. The number of carbonyl (C=O) groups excluding carboxylic acids is 4. The first-order valence-corrected chi connectivity index (χ1v) is 20.2. The number of Topliss-reactive ketones (excluding diaryl/α,β-unsaturated/α-hetero) is 1. The van der Waals surface area contributed by atoms with Gasteiger partial charge in [0.1, 0.15) is 17.6 Å². The molecule has 270 valence electrons. The van der Waals surface area contributed by atoms with Crippen molar-refractivity contribution in [2.75, 3.05) is 13.7 Å². The molecule has 10 nitrogen and oxygen atoms in total. The first-order chi connectivity index (χ1) is 22.9. The van der Waals surface area contributed by atoms with Gasteiger partial charge in [-0.15, -0.1) is 0 Å². The van der Waals surface area contributed by atoms with Gasteiger partial charge in [-0.05, 0) is 61.2 Å². The fourth-order valence-electron chi connectivity index (χ4n) is 6.36. The van der Waals surface area contributed by atoms with E-state index in [1.54, 1.807) is 13.8 Å². The van der Waals surface area contributed by atoms with E-state index in [1.807, 2.05) is 6.08 Å². The van der Waals surface area contributed by atoms with Gasteiger partial charge in [-0.1, -0.05) is 63.8 Å². The second kappa shape index (κ2) is 17.0. The highest BCUT2D eigenvalue weighted by molar-refractivity contribution is 6.74. The zero-order valence-electron chi connectivity index (χ0n) is 30.7. The van der Waals surface area contributed by atoms with Crippen molar-refractivity contribution < 1.29 is 37.8 Å². The van der Waals surface area contributed by atoms with E-state index in [2.05, 4.69) is 76.2 Å². The highest BCUT2D eigenvalue weighted by Crippen LogP contribution is 2.49. The number of fused-ring (bicyclic) bond motifs is 1. The molecule has 1 aliphatic heterocycles. The first-order valence-electron chi connectivity index (χ1n) is 17.3. The van der Waals surface area contributed by atoms with Crippen LogP contribution in [0.1, 0.15) is 73.6 Å². The van der Waals surface area contributed by atoms with Crippen LogP contribution >= 0.6 is 0 Å². The Kier molecular flexibility index (Phi) is 13.8. The van der Waals surface area contributed by atoms with Gasteiger partial charge in [-0.25, -0.2) is 4.79 Å². The quantitative estimate of drug-likeness (QED) is 0.0601. The van der Waals surface area contributed by atoms with Crippen LogP contribution in [0.4, 0.5) is 0 Å². The van der Waals surface area contributed by atoms with E-state index < -0.39 is 38.2 Å². The summed E-state index contributed by atoms with van der Waals surface area (Å²) in [5, 5.41) is 2.74. The third kappa shape index (κ3) is 11.0. The molecule has 0 saturated heterocycles. The molecule has 0 bridgehead atoms. The minimum absolute atomic E-state index is 0.0337. The number of carbonyl (C=O) groups is 4. The molecule has 2 aliphatic carbocycles. The molecule has 1 heterocycles. The summed E-state index contributed by atoms with van der Waals surface area (Å²) in [5.74, 6) is 4.93. The molecule has 1 amide bonds. The van der Waals surface area contributed by atoms with Crippen LogP contribution in [0.15, 0.2) is 48.3 Å². The molecular formula is C38H56N2O8Si. The molecule has 3 N–H and O–H groups in total. The van der Waals surface area contributed by atoms with E-state index in [1.165, 1.54) is 25.3 Å². The number of ketones is 1. The van der Waals surface area contributed by atoms with E-state index in [0.717, 1.165) is 12.8 Å². The van der Waals surface area contributed by atoms with Crippen LogP contribution in [-0.4, -0.2) is 63.5 Å². The van der Waals surface area contributed by atoms with Crippen molar-refractivity contribution in [3.63, 3.8) is 0 Å². The number of esters is 2. The van der Waals surface area contributed by atoms with Gasteiger partial charge in [0.2, 0.25) is 11.7 Å². The summed E-state index contributed by atoms with van der Waals surface area (Å²) in [7, 11) is -0.945. The standard InChI is InChI=1S/C38H56N2O8Si/c1-25-20-21-28-27(29(35(43)33(25)28)18-14-10-12-16-26-24-32(42)47-38(5,6)46-26)17-13-11-15-19-31(41)40-23-22-30(34(39)36(44)45-7)48-49(8,9)37(2,3)4/h14-15,18-21,24-25,27-30,33-34H,10,12,16-17,22-23,39H2,1-9H3,(H,40,41)/b18-14+,19-15+/t25-,27+,28+,29-,30-,33+,34-/m0/s1. The molecule has 3 rings (SSSR count). The molecule has 0 radical (unpaired) electrons. The number of nitrogens with two attached hydrogens (primary N) is 1. The van der Waals surface area contributed by atoms with Crippen molar-refractivity contribution in [3.05, 3.63) is 48.3 Å². The second-order valence-electron chi connectivity index (χ2n) is 15.2. The molecule has 49 heavy (non-hydrogen) atoms. The first kappa shape index (κ1) is 40.0. The third-order valence-corrected chi connectivity index (χ3v) is 14.5. The maximum atomic E-state index is 13.4. The SMILES string of the molecule is COC(=O)[C@@H](N)[C@H](CCNC(=O)/C=C/C#CC[C@@H]1[C@H]2C=C[C@H](C)[C@H]2C(=O)[C@H]1/C=C/CCCC1=CC(=O)OC(C)(C)O1)O[Si](C)(C)C(C)(C)C. The van der Waals surface area contributed by atoms with Crippen molar-refractivity contribution in [1.29, 1.82) is 0 Å². The highest BCUT2D eigenvalue weighted by Gasteiger charge is 2.50. The van der Waals surface area contributed by atoms with Crippen molar-refractivity contribution in [2.45, 2.75) is 110 Å². The van der Waals surface area contributed by atoms with Crippen LogP contribution in [0.3, 0.4) is 0 Å². The van der Waals surface area contributed by atoms with Crippen LogP contribution in [0.5, 0.6) is 0 Å². The van der Waals surface area contributed by atoms with Gasteiger partial charge < -0.3 is 29.7 Å². The number of unbranched alkanes of at least 4 members (excludes halogenated alkanes) is 1. The van der Waals surface area contributed by atoms with Gasteiger partial charge in [0.25, 0.3) is 0 Å². The number of hydrogen-bond acceptors (Lipinski definition) is 9. The Labute approximate surface area is 293 Å². The van der Waals surface area contributed by atoms with Gasteiger partial charge in [0.05, 0.1) is 19.3 Å². The van der Waals surface area contributed by atoms with Crippen LogP contribution in [-0.2, 0) is 37.8 Å². The Balaban J connectivity index is 1.54. The lowest BCUT2D eigenvalue weighted by molar-refractivity contribution is -0.206. The third-order valence-electron chi connectivity index (χ3n) is 9.98. The van der Waals surface area contributed by atoms with Gasteiger partial charge in [0, 0.05) is 51.1 Å². The van der Waals surface area contributed by atoms with Gasteiger partial charge in [-0.3, -0.25) is 14.4 Å². The van der Waals surface area contributed by atoms with E-state index in [4.69, 9.17) is 24.4 Å². The summed E-state index contributed by atoms with van der Waals surface area (Å²) in [6.07, 6.45) is 15.1. The van der Waals surface area contributed by atoms with Crippen LogP contribution in [0.2, 0.25) is 18.1 Å². The van der Waals surface area contributed by atoms with E-state index in [0.29, 0.717) is 25.0 Å². The van der Waals surface area contributed by atoms with E-state index in [9.17, 15) is 19.2 Å².